The van der Waals surface area contributed by atoms with E-state index >= 15 is 0 Å². The minimum absolute atomic E-state index is 0.496. The maximum atomic E-state index is 5.58. The summed E-state index contributed by atoms with van der Waals surface area (Å²) in [7, 11) is 0. The van der Waals surface area contributed by atoms with Crippen LogP contribution < -0.4 is 16.6 Å². The Morgan fingerprint density at radius 1 is 1.53 bits per heavy atom. The second kappa shape index (κ2) is 5.21. The minimum Gasteiger partial charge on any atom is -0.330 e. The number of nitrogens with two attached hydrogens (primary N) is 1. The molecule has 0 aliphatic carbocycles. The van der Waals surface area contributed by atoms with Crippen LogP contribution in [0.2, 0.25) is 0 Å². The van der Waals surface area contributed by atoms with E-state index in [-0.39, 0.29) is 0 Å². The SMILES string of the molecule is NCCC1NNCC1Cc1cccnc1. The molecular formula is C11H18N4. The number of nitrogens with zero attached hydrogens (tertiary/aromatic N) is 1. The number of rotatable bonds is 4. The van der Waals surface area contributed by atoms with E-state index < -0.39 is 0 Å². The molecule has 0 spiro atoms. The highest BCUT2D eigenvalue weighted by atomic mass is 15.4. The second-order valence-corrected chi connectivity index (χ2v) is 4.03. The summed E-state index contributed by atoms with van der Waals surface area (Å²) in [6.45, 7) is 1.75. The molecule has 0 radical (unpaired) electrons. The lowest BCUT2D eigenvalue weighted by Crippen LogP contribution is -2.33. The van der Waals surface area contributed by atoms with E-state index in [1.54, 1.807) is 0 Å². The molecule has 2 rings (SSSR count). The zero-order valence-corrected chi connectivity index (χ0v) is 8.82. The molecule has 0 amide bonds. The van der Waals surface area contributed by atoms with Gasteiger partial charge in [0.2, 0.25) is 0 Å². The minimum atomic E-state index is 0.496. The Balaban J connectivity index is 1.93. The summed E-state index contributed by atoms with van der Waals surface area (Å²) in [5.74, 6) is 0.623. The van der Waals surface area contributed by atoms with Gasteiger partial charge < -0.3 is 5.73 Å². The second-order valence-electron chi connectivity index (χ2n) is 4.03. The Bertz CT molecular complexity index is 288. The fraction of sp³-hybridized carbons (Fsp3) is 0.545. The summed E-state index contributed by atoms with van der Waals surface area (Å²) in [5, 5.41) is 0. The number of hydrogen-bond donors (Lipinski definition) is 3. The summed E-state index contributed by atoms with van der Waals surface area (Å²) >= 11 is 0. The molecule has 4 nitrogen and oxygen atoms in total. The summed E-state index contributed by atoms with van der Waals surface area (Å²) in [6, 6.07) is 4.61. The van der Waals surface area contributed by atoms with Crippen molar-refractivity contribution in [2.45, 2.75) is 18.9 Å². The van der Waals surface area contributed by atoms with Crippen LogP contribution in [0.5, 0.6) is 0 Å². The molecular weight excluding hydrogens is 188 g/mol. The molecule has 2 unspecified atom stereocenters. The fourth-order valence-corrected chi connectivity index (χ4v) is 2.10. The molecule has 1 aliphatic heterocycles. The molecule has 0 aromatic carbocycles. The average Bonchev–Trinajstić information content (AvgIpc) is 2.68. The molecule has 2 heterocycles. The zero-order chi connectivity index (χ0) is 10.5. The first-order valence-corrected chi connectivity index (χ1v) is 5.47. The maximum Gasteiger partial charge on any atom is 0.0299 e. The van der Waals surface area contributed by atoms with Gasteiger partial charge in [0.25, 0.3) is 0 Å². The third-order valence-corrected chi connectivity index (χ3v) is 2.92. The largest absolute Gasteiger partial charge is 0.330 e. The number of hydrogen-bond acceptors (Lipinski definition) is 4. The van der Waals surface area contributed by atoms with Gasteiger partial charge in [0.15, 0.2) is 0 Å². The molecule has 2 atom stereocenters. The van der Waals surface area contributed by atoms with Gasteiger partial charge in [-0.2, -0.15) is 0 Å². The van der Waals surface area contributed by atoms with Crippen molar-refractivity contribution < 1.29 is 0 Å². The van der Waals surface area contributed by atoms with Crippen molar-refractivity contribution in [3.63, 3.8) is 0 Å². The van der Waals surface area contributed by atoms with Gasteiger partial charge in [0.05, 0.1) is 0 Å². The Hall–Kier alpha value is -0.970. The third kappa shape index (κ3) is 2.75. The Morgan fingerprint density at radius 2 is 2.47 bits per heavy atom. The third-order valence-electron chi connectivity index (χ3n) is 2.92. The molecule has 4 N–H and O–H groups in total. The van der Waals surface area contributed by atoms with Gasteiger partial charge in [0.1, 0.15) is 0 Å². The normalized spacial score (nSPS) is 25.7. The van der Waals surface area contributed by atoms with Crippen LogP contribution in [0.25, 0.3) is 0 Å². The predicted octanol–water partition coefficient (Wildman–Crippen LogP) is 0.0655. The fourth-order valence-electron chi connectivity index (χ4n) is 2.10. The van der Waals surface area contributed by atoms with E-state index in [1.807, 2.05) is 18.5 Å². The molecule has 0 bridgehead atoms. The van der Waals surface area contributed by atoms with Crippen LogP contribution in [0.15, 0.2) is 24.5 Å². The first-order chi connectivity index (χ1) is 7.40. The van der Waals surface area contributed by atoms with E-state index in [0.29, 0.717) is 12.0 Å². The molecule has 4 heteroatoms. The van der Waals surface area contributed by atoms with Gasteiger partial charge in [-0.15, -0.1) is 0 Å². The Kier molecular flexibility index (Phi) is 3.66. The van der Waals surface area contributed by atoms with E-state index in [9.17, 15) is 0 Å². The summed E-state index contributed by atoms with van der Waals surface area (Å²) in [5.41, 5.74) is 13.4. The van der Waals surface area contributed by atoms with Crippen molar-refractivity contribution in [3.05, 3.63) is 30.1 Å². The van der Waals surface area contributed by atoms with Gasteiger partial charge in [0, 0.05) is 25.0 Å². The average molecular weight is 206 g/mol. The topological polar surface area (TPSA) is 63.0 Å². The standard InChI is InChI=1S/C11H18N4/c12-4-3-11-10(8-14-15-11)6-9-2-1-5-13-7-9/h1-2,5,7,10-11,14-15H,3-4,6,8,12H2. The molecule has 0 saturated carbocycles. The molecule has 1 aromatic heterocycles. The smallest absolute Gasteiger partial charge is 0.0299 e. The van der Waals surface area contributed by atoms with Crippen LogP contribution in [-0.4, -0.2) is 24.1 Å². The lowest BCUT2D eigenvalue weighted by atomic mass is 9.93. The van der Waals surface area contributed by atoms with Gasteiger partial charge in [-0.05, 0) is 36.9 Å². The number of nitrogens with one attached hydrogen (secondary N) is 2. The molecule has 1 saturated heterocycles. The number of aromatic nitrogens is 1. The van der Waals surface area contributed by atoms with E-state index in [0.717, 1.165) is 25.9 Å². The lowest BCUT2D eigenvalue weighted by Gasteiger charge is -2.17. The Morgan fingerprint density at radius 3 is 3.20 bits per heavy atom. The van der Waals surface area contributed by atoms with Crippen molar-refractivity contribution in [2.75, 3.05) is 13.1 Å². The summed E-state index contributed by atoms with van der Waals surface area (Å²) < 4.78 is 0. The van der Waals surface area contributed by atoms with Gasteiger partial charge in [-0.3, -0.25) is 15.8 Å². The summed E-state index contributed by atoms with van der Waals surface area (Å²) in [4.78, 5) is 4.13. The zero-order valence-electron chi connectivity index (χ0n) is 8.82. The lowest BCUT2D eigenvalue weighted by molar-refractivity contribution is 0.433. The molecule has 1 aliphatic rings. The van der Waals surface area contributed by atoms with Crippen molar-refractivity contribution in [1.29, 1.82) is 0 Å². The van der Waals surface area contributed by atoms with Crippen molar-refractivity contribution in [1.82, 2.24) is 15.8 Å². The van der Waals surface area contributed by atoms with Gasteiger partial charge in [-0.25, -0.2) is 0 Å². The highest BCUT2D eigenvalue weighted by Gasteiger charge is 2.25. The van der Waals surface area contributed by atoms with Crippen molar-refractivity contribution in [2.24, 2.45) is 11.7 Å². The molecule has 1 fully saturated rings. The quantitative estimate of drug-likeness (QED) is 0.652. The number of pyridine rings is 1. The van der Waals surface area contributed by atoms with Crippen LogP contribution in [0, 0.1) is 5.92 Å². The predicted molar refractivity (Wildman–Crippen MR) is 60.0 cm³/mol. The molecule has 1 aromatic rings. The van der Waals surface area contributed by atoms with E-state index in [1.165, 1.54) is 5.56 Å². The monoisotopic (exact) mass is 206 g/mol. The van der Waals surface area contributed by atoms with Crippen LogP contribution in [0.3, 0.4) is 0 Å². The van der Waals surface area contributed by atoms with Crippen LogP contribution >= 0.6 is 0 Å². The summed E-state index contributed by atoms with van der Waals surface area (Å²) in [6.07, 6.45) is 5.85. The molecule has 15 heavy (non-hydrogen) atoms. The maximum absolute atomic E-state index is 5.58. The Labute approximate surface area is 90.2 Å². The van der Waals surface area contributed by atoms with Crippen molar-refractivity contribution in [3.8, 4) is 0 Å². The molecule has 82 valence electrons. The first kappa shape index (κ1) is 10.5. The van der Waals surface area contributed by atoms with Gasteiger partial charge in [-0.1, -0.05) is 6.07 Å². The van der Waals surface area contributed by atoms with Crippen LogP contribution in [-0.2, 0) is 6.42 Å². The van der Waals surface area contributed by atoms with Crippen LogP contribution in [0.4, 0.5) is 0 Å². The van der Waals surface area contributed by atoms with E-state index in [2.05, 4.69) is 21.9 Å². The first-order valence-electron chi connectivity index (χ1n) is 5.47. The van der Waals surface area contributed by atoms with Crippen LogP contribution in [0.1, 0.15) is 12.0 Å². The highest BCUT2D eigenvalue weighted by Crippen LogP contribution is 2.16. The highest BCUT2D eigenvalue weighted by molar-refractivity contribution is 5.10. The number of hydrazine groups is 1. The van der Waals surface area contributed by atoms with E-state index in [4.69, 9.17) is 5.73 Å². The van der Waals surface area contributed by atoms with Gasteiger partial charge >= 0.3 is 0 Å². The van der Waals surface area contributed by atoms with Crippen molar-refractivity contribution >= 4 is 0 Å².